The maximum Gasteiger partial charge on any atom is 0.416 e. The number of urea groups is 1. The van der Waals surface area contributed by atoms with Crippen LogP contribution in [0.25, 0.3) is 16.5 Å². The molecule has 0 aliphatic carbocycles. The molecule has 0 unspecified atom stereocenters. The summed E-state index contributed by atoms with van der Waals surface area (Å²) in [6, 6.07) is 11.8. The van der Waals surface area contributed by atoms with Crippen LogP contribution >= 0.6 is 22.9 Å². The average molecular weight is 528 g/mol. The molecule has 4 aromatic rings. The minimum absolute atomic E-state index is 0.0993. The Hall–Kier alpha value is -3.35. The minimum atomic E-state index is -4.58. The molecule has 0 radical (unpaired) electrons. The SMILES string of the molecule is O=C(Nc1ccc(-n2ccc3ccc(C(F)(F)F)cc3c2=O)cc1)NS(=O)(=O)c1ccc(Cl)s1. The number of halogens is 4. The molecule has 176 valence electrons. The number of hydrogen-bond donors (Lipinski definition) is 2. The summed E-state index contributed by atoms with van der Waals surface area (Å²) in [6.45, 7) is 0. The van der Waals surface area contributed by atoms with Gasteiger partial charge in [0.1, 0.15) is 4.21 Å². The van der Waals surface area contributed by atoms with Crippen molar-refractivity contribution < 1.29 is 26.4 Å². The number of thiophene rings is 1. The summed E-state index contributed by atoms with van der Waals surface area (Å²) in [5.74, 6) is 0. The second kappa shape index (κ2) is 8.78. The van der Waals surface area contributed by atoms with Crippen LogP contribution in [0.3, 0.4) is 0 Å². The van der Waals surface area contributed by atoms with Crippen LogP contribution in [0.1, 0.15) is 5.56 Å². The number of pyridine rings is 1. The third-order valence-electron chi connectivity index (χ3n) is 4.68. The van der Waals surface area contributed by atoms with Gasteiger partial charge in [-0.25, -0.2) is 17.9 Å². The van der Waals surface area contributed by atoms with Crippen LogP contribution < -0.4 is 15.6 Å². The topological polar surface area (TPSA) is 97.3 Å². The first-order valence-corrected chi connectivity index (χ1v) is 12.0. The molecule has 0 spiro atoms. The van der Waals surface area contributed by atoms with E-state index in [1.54, 1.807) is 0 Å². The van der Waals surface area contributed by atoms with E-state index in [1.807, 2.05) is 4.72 Å². The number of alkyl halides is 3. The largest absolute Gasteiger partial charge is 0.416 e. The molecule has 0 aliphatic heterocycles. The van der Waals surface area contributed by atoms with Gasteiger partial charge in [0, 0.05) is 23.0 Å². The number of hydrogen-bond acceptors (Lipinski definition) is 5. The third-order valence-corrected chi connectivity index (χ3v) is 7.73. The summed E-state index contributed by atoms with van der Waals surface area (Å²) >= 11 is 6.51. The van der Waals surface area contributed by atoms with Crippen molar-refractivity contribution >= 4 is 55.5 Å². The Bertz CT molecular complexity index is 1560. The summed E-state index contributed by atoms with van der Waals surface area (Å²) in [4.78, 5) is 24.9. The van der Waals surface area contributed by atoms with Crippen LogP contribution in [0.15, 0.2) is 75.9 Å². The molecule has 0 fully saturated rings. The number of carbonyl (C=O) groups excluding carboxylic acids is 1. The highest BCUT2D eigenvalue weighted by atomic mass is 35.5. The number of fused-ring (bicyclic) bond motifs is 1. The molecule has 4 rings (SSSR count). The second-order valence-electron chi connectivity index (χ2n) is 6.96. The molecule has 0 saturated heterocycles. The predicted octanol–water partition coefficient (Wildman–Crippen LogP) is 5.23. The number of benzene rings is 2. The van der Waals surface area contributed by atoms with E-state index < -0.39 is 33.4 Å². The average Bonchev–Trinajstić information content (AvgIpc) is 3.21. The molecule has 0 aliphatic rings. The monoisotopic (exact) mass is 527 g/mol. The number of nitrogens with zero attached hydrogens (tertiary/aromatic N) is 1. The lowest BCUT2D eigenvalue weighted by Crippen LogP contribution is -2.33. The predicted molar refractivity (Wildman–Crippen MR) is 123 cm³/mol. The van der Waals surface area contributed by atoms with Gasteiger partial charge in [0.25, 0.3) is 15.6 Å². The van der Waals surface area contributed by atoms with Crippen LogP contribution in [0.4, 0.5) is 23.7 Å². The summed E-state index contributed by atoms with van der Waals surface area (Å²) in [5.41, 5.74) is -1.03. The van der Waals surface area contributed by atoms with Gasteiger partial charge < -0.3 is 5.32 Å². The van der Waals surface area contributed by atoms with Crippen LogP contribution in [-0.2, 0) is 16.2 Å². The molecule has 2 aromatic heterocycles. The van der Waals surface area contributed by atoms with E-state index in [4.69, 9.17) is 11.6 Å². The second-order valence-corrected chi connectivity index (χ2v) is 10.6. The standard InChI is InChI=1S/C21H13ClF3N3O4S2/c22-17-7-8-18(33-17)34(31,32)27-20(30)26-14-3-5-15(6-4-14)28-10-9-12-1-2-13(21(23,24)25)11-16(12)19(28)29/h1-11H,(H2,26,27,30). The number of carbonyl (C=O) groups is 1. The minimum Gasteiger partial charge on any atom is -0.307 e. The van der Waals surface area contributed by atoms with E-state index in [9.17, 15) is 31.2 Å². The molecule has 34 heavy (non-hydrogen) atoms. The Balaban J connectivity index is 1.55. The van der Waals surface area contributed by atoms with Crippen molar-refractivity contribution in [2.45, 2.75) is 10.4 Å². The van der Waals surface area contributed by atoms with E-state index >= 15 is 0 Å². The molecule has 0 atom stereocenters. The van der Waals surface area contributed by atoms with Crippen molar-refractivity contribution in [1.29, 1.82) is 0 Å². The lowest BCUT2D eigenvalue weighted by molar-refractivity contribution is -0.137. The molecule has 0 bridgehead atoms. The van der Waals surface area contributed by atoms with E-state index in [1.165, 1.54) is 54.7 Å². The normalized spacial score (nSPS) is 12.0. The number of sulfonamides is 1. The first-order chi connectivity index (χ1) is 15.9. The maximum absolute atomic E-state index is 13.0. The van der Waals surface area contributed by atoms with Gasteiger partial charge in [0.05, 0.1) is 9.90 Å². The van der Waals surface area contributed by atoms with Gasteiger partial charge in [0.2, 0.25) is 0 Å². The molecule has 2 heterocycles. The molecule has 13 heteroatoms. The number of aromatic nitrogens is 1. The van der Waals surface area contributed by atoms with Gasteiger partial charge in [0.15, 0.2) is 0 Å². The Morgan fingerprint density at radius 3 is 2.32 bits per heavy atom. The van der Waals surface area contributed by atoms with Crippen molar-refractivity contribution in [3.05, 3.63) is 87.1 Å². The van der Waals surface area contributed by atoms with Gasteiger partial charge in [-0.05, 0) is 60.0 Å². The summed E-state index contributed by atoms with van der Waals surface area (Å²) < 4.78 is 66.6. The summed E-state index contributed by atoms with van der Waals surface area (Å²) in [6.07, 6.45) is -3.16. The quantitative estimate of drug-likeness (QED) is 0.379. The van der Waals surface area contributed by atoms with E-state index in [0.29, 0.717) is 11.1 Å². The fourth-order valence-corrected chi connectivity index (χ4v) is 5.49. The van der Waals surface area contributed by atoms with Gasteiger partial charge in [-0.2, -0.15) is 13.2 Å². The first-order valence-electron chi connectivity index (χ1n) is 9.36. The van der Waals surface area contributed by atoms with Crippen molar-refractivity contribution in [3.63, 3.8) is 0 Å². The summed E-state index contributed by atoms with van der Waals surface area (Å²) in [7, 11) is -4.10. The molecule has 2 N–H and O–H groups in total. The van der Waals surface area contributed by atoms with Crippen LogP contribution in [0, 0.1) is 0 Å². The Kier molecular flexibility index (Phi) is 6.14. The zero-order valence-electron chi connectivity index (χ0n) is 16.8. The lowest BCUT2D eigenvalue weighted by atomic mass is 10.1. The highest BCUT2D eigenvalue weighted by molar-refractivity contribution is 7.92. The first kappa shape index (κ1) is 23.8. The van der Waals surface area contributed by atoms with E-state index in [-0.39, 0.29) is 19.6 Å². The Labute approximate surface area is 199 Å². The molecular weight excluding hydrogens is 515 g/mol. The highest BCUT2D eigenvalue weighted by Crippen LogP contribution is 2.31. The van der Waals surface area contributed by atoms with Crippen LogP contribution in [0.2, 0.25) is 4.34 Å². The zero-order valence-corrected chi connectivity index (χ0v) is 19.1. The molecule has 2 aromatic carbocycles. The van der Waals surface area contributed by atoms with E-state index in [0.717, 1.165) is 28.0 Å². The Morgan fingerprint density at radius 2 is 1.71 bits per heavy atom. The maximum atomic E-state index is 13.0. The zero-order chi connectivity index (χ0) is 24.7. The Morgan fingerprint density at radius 1 is 1.00 bits per heavy atom. The van der Waals surface area contributed by atoms with Crippen molar-refractivity contribution in [2.24, 2.45) is 0 Å². The molecule has 2 amide bonds. The summed E-state index contributed by atoms with van der Waals surface area (Å²) in [5, 5.41) is 2.61. The molecule has 0 saturated carbocycles. The van der Waals surface area contributed by atoms with Crippen molar-refractivity contribution in [1.82, 2.24) is 9.29 Å². The van der Waals surface area contributed by atoms with Crippen LogP contribution in [0.5, 0.6) is 0 Å². The highest BCUT2D eigenvalue weighted by Gasteiger charge is 2.30. The fourth-order valence-electron chi connectivity index (χ4n) is 3.10. The third kappa shape index (κ3) is 4.93. The lowest BCUT2D eigenvalue weighted by Gasteiger charge is -2.11. The van der Waals surface area contributed by atoms with Gasteiger partial charge in [-0.3, -0.25) is 9.36 Å². The van der Waals surface area contributed by atoms with E-state index in [2.05, 4.69) is 5.32 Å². The number of amides is 2. The van der Waals surface area contributed by atoms with Crippen molar-refractivity contribution in [2.75, 3.05) is 5.32 Å². The van der Waals surface area contributed by atoms with Crippen LogP contribution in [-0.4, -0.2) is 19.0 Å². The van der Waals surface area contributed by atoms with Crippen molar-refractivity contribution in [3.8, 4) is 5.69 Å². The van der Waals surface area contributed by atoms with Gasteiger partial charge in [-0.15, -0.1) is 11.3 Å². The number of nitrogens with one attached hydrogen (secondary N) is 2. The number of rotatable bonds is 4. The number of anilines is 1. The fraction of sp³-hybridized carbons (Fsp3) is 0.0476. The van der Waals surface area contributed by atoms with Gasteiger partial charge in [-0.1, -0.05) is 17.7 Å². The molecular formula is C21H13ClF3N3O4S2. The molecule has 7 nitrogen and oxygen atoms in total. The smallest absolute Gasteiger partial charge is 0.307 e. The van der Waals surface area contributed by atoms with Gasteiger partial charge >= 0.3 is 12.2 Å².